The molecule has 102 valence electrons. The zero-order chi connectivity index (χ0) is 13.0. The molecule has 1 saturated carbocycles. The van der Waals surface area contributed by atoms with Gasteiger partial charge >= 0.3 is 0 Å². The molecule has 0 aliphatic heterocycles. The van der Waals surface area contributed by atoms with Crippen LogP contribution in [0.15, 0.2) is 22.8 Å². The second-order valence-corrected chi connectivity index (χ2v) is 5.65. The summed E-state index contributed by atoms with van der Waals surface area (Å²) in [6, 6.07) is 4.36. The van der Waals surface area contributed by atoms with E-state index in [0.29, 0.717) is 0 Å². The van der Waals surface area contributed by atoms with Crippen molar-refractivity contribution >= 4 is 0 Å². The van der Waals surface area contributed by atoms with Gasteiger partial charge in [0, 0.05) is 5.54 Å². The molecular formula is C15H26N2O. The van der Waals surface area contributed by atoms with Crippen LogP contribution in [0.2, 0.25) is 0 Å². The Morgan fingerprint density at radius 1 is 1.22 bits per heavy atom. The number of likely N-dealkylation sites (N-methyl/N-ethyl adjacent to an activating group) is 2. The summed E-state index contributed by atoms with van der Waals surface area (Å²) < 4.78 is 5.67. The first-order chi connectivity index (χ1) is 8.70. The molecule has 1 N–H and O–H groups in total. The van der Waals surface area contributed by atoms with Gasteiger partial charge in [-0.3, -0.25) is 0 Å². The minimum Gasteiger partial charge on any atom is -0.468 e. The fourth-order valence-corrected chi connectivity index (χ4v) is 3.47. The molecule has 0 saturated heterocycles. The van der Waals surface area contributed by atoms with E-state index in [-0.39, 0.29) is 11.6 Å². The summed E-state index contributed by atoms with van der Waals surface area (Å²) in [5, 5.41) is 3.49. The molecule has 1 unspecified atom stereocenters. The third kappa shape index (κ3) is 2.47. The Bertz CT molecular complexity index is 337. The van der Waals surface area contributed by atoms with Crippen molar-refractivity contribution < 1.29 is 4.42 Å². The summed E-state index contributed by atoms with van der Waals surface area (Å²) in [5.41, 5.74) is 0.184. The zero-order valence-corrected chi connectivity index (χ0v) is 11.9. The first kappa shape index (κ1) is 13.6. The highest BCUT2D eigenvalue weighted by Crippen LogP contribution is 2.40. The molecule has 3 heteroatoms. The average molecular weight is 250 g/mol. The lowest BCUT2D eigenvalue weighted by Gasteiger charge is -2.45. The lowest BCUT2D eigenvalue weighted by atomic mass is 9.80. The summed E-state index contributed by atoms with van der Waals surface area (Å²) in [6.45, 7) is 0. The molecule has 1 aromatic heterocycles. The van der Waals surface area contributed by atoms with Gasteiger partial charge in [0.2, 0.25) is 0 Å². The highest BCUT2D eigenvalue weighted by Gasteiger charge is 2.42. The smallest absolute Gasteiger partial charge is 0.122 e. The van der Waals surface area contributed by atoms with Crippen LogP contribution in [-0.4, -0.2) is 31.6 Å². The maximum absolute atomic E-state index is 5.67. The van der Waals surface area contributed by atoms with Crippen molar-refractivity contribution in [3.63, 3.8) is 0 Å². The fourth-order valence-electron chi connectivity index (χ4n) is 3.47. The van der Waals surface area contributed by atoms with Crippen LogP contribution in [-0.2, 0) is 0 Å². The van der Waals surface area contributed by atoms with Crippen LogP contribution in [0.25, 0.3) is 0 Å². The molecule has 1 aromatic rings. The van der Waals surface area contributed by atoms with Crippen molar-refractivity contribution in [2.24, 2.45) is 0 Å². The van der Waals surface area contributed by atoms with E-state index >= 15 is 0 Å². The van der Waals surface area contributed by atoms with Gasteiger partial charge < -0.3 is 14.6 Å². The molecule has 0 bridgehead atoms. The Kier molecular flexibility index (Phi) is 4.46. The van der Waals surface area contributed by atoms with Crippen LogP contribution in [0, 0.1) is 0 Å². The number of nitrogens with one attached hydrogen (secondary N) is 1. The van der Waals surface area contributed by atoms with E-state index in [9.17, 15) is 0 Å². The Morgan fingerprint density at radius 3 is 2.33 bits per heavy atom. The predicted octanol–water partition coefficient (Wildman–Crippen LogP) is 3.19. The van der Waals surface area contributed by atoms with E-state index in [1.807, 2.05) is 13.1 Å². The second kappa shape index (κ2) is 5.89. The summed E-state index contributed by atoms with van der Waals surface area (Å²) in [6.07, 6.45) is 9.63. The second-order valence-electron chi connectivity index (χ2n) is 5.65. The number of rotatable bonds is 4. The molecule has 1 fully saturated rings. The van der Waals surface area contributed by atoms with Crippen LogP contribution in [0.3, 0.4) is 0 Å². The monoisotopic (exact) mass is 250 g/mol. The van der Waals surface area contributed by atoms with Crippen LogP contribution in [0.5, 0.6) is 0 Å². The van der Waals surface area contributed by atoms with E-state index in [1.54, 1.807) is 6.26 Å². The van der Waals surface area contributed by atoms with Crippen LogP contribution < -0.4 is 5.32 Å². The van der Waals surface area contributed by atoms with Crippen molar-refractivity contribution in [3.05, 3.63) is 24.2 Å². The number of hydrogen-bond acceptors (Lipinski definition) is 3. The molecule has 18 heavy (non-hydrogen) atoms. The maximum atomic E-state index is 5.67. The zero-order valence-electron chi connectivity index (χ0n) is 11.9. The molecule has 1 aliphatic rings. The first-order valence-corrected chi connectivity index (χ1v) is 7.09. The van der Waals surface area contributed by atoms with Gasteiger partial charge in [-0.15, -0.1) is 0 Å². The van der Waals surface area contributed by atoms with Gasteiger partial charge in [-0.25, -0.2) is 0 Å². The molecule has 3 nitrogen and oxygen atoms in total. The van der Waals surface area contributed by atoms with E-state index in [1.165, 1.54) is 38.5 Å². The van der Waals surface area contributed by atoms with Crippen LogP contribution in [0.4, 0.5) is 0 Å². The Labute approximate surface area is 111 Å². The van der Waals surface area contributed by atoms with Gasteiger partial charge in [-0.05, 0) is 46.1 Å². The standard InChI is InChI=1S/C15H26N2O/c1-16-14(13-9-8-12-18-13)15(17(2)3)10-6-4-5-7-11-15/h8-9,12,14,16H,4-7,10-11H2,1-3H3. The number of nitrogens with zero attached hydrogens (tertiary/aromatic N) is 1. The lowest BCUT2D eigenvalue weighted by molar-refractivity contribution is 0.0737. The van der Waals surface area contributed by atoms with Gasteiger partial charge in [0.15, 0.2) is 0 Å². The van der Waals surface area contributed by atoms with Gasteiger partial charge in [0.05, 0.1) is 12.3 Å². The summed E-state index contributed by atoms with van der Waals surface area (Å²) in [4.78, 5) is 2.40. The Morgan fingerprint density at radius 2 is 1.89 bits per heavy atom. The number of hydrogen-bond donors (Lipinski definition) is 1. The molecule has 1 aliphatic carbocycles. The molecule has 0 amide bonds. The average Bonchev–Trinajstić information content (AvgIpc) is 2.75. The summed E-state index contributed by atoms with van der Waals surface area (Å²) >= 11 is 0. The van der Waals surface area contributed by atoms with Crippen LogP contribution >= 0.6 is 0 Å². The molecule has 1 heterocycles. The quantitative estimate of drug-likeness (QED) is 0.832. The van der Waals surface area contributed by atoms with E-state index in [0.717, 1.165) is 5.76 Å². The maximum Gasteiger partial charge on any atom is 0.122 e. The van der Waals surface area contributed by atoms with E-state index < -0.39 is 0 Å². The molecule has 1 atom stereocenters. The van der Waals surface area contributed by atoms with Crippen molar-refractivity contribution in [1.82, 2.24) is 10.2 Å². The van der Waals surface area contributed by atoms with Gasteiger partial charge in [0.1, 0.15) is 5.76 Å². The summed E-state index contributed by atoms with van der Waals surface area (Å²) in [7, 11) is 6.46. The molecule has 2 rings (SSSR count). The predicted molar refractivity (Wildman–Crippen MR) is 74.6 cm³/mol. The molecule has 0 radical (unpaired) electrons. The van der Waals surface area contributed by atoms with Crippen LogP contribution in [0.1, 0.15) is 50.3 Å². The largest absolute Gasteiger partial charge is 0.468 e. The topological polar surface area (TPSA) is 28.4 Å². The van der Waals surface area contributed by atoms with Crippen molar-refractivity contribution in [2.45, 2.75) is 50.1 Å². The highest BCUT2D eigenvalue weighted by molar-refractivity contribution is 5.13. The van der Waals surface area contributed by atoms with Crippen molar-refractivity contribution in [1.29, 1.82) is 0 Å². The van der Waals surface area contributed by atoms with Crippen molar-refractivity contribution in [3.8, 4) is 0 Å². The Hall–Kier alpha value is -0.800. The highest BCUT2D eigenvalue weighted by atomic mass is 16.3. The number of furan rings is 1. The van der Waals surface area contributed by atoms with E-state index in [4.69, 9.17) is 4.42 Å². The van der Waals surface area contributed by atoms with E-state index in [2.05, 4.69) is 30.4 Å². The molecule has 0 aromatic carbocycles. The van der Waals surface area contributed by atoms with Gasteiger partial charge in [-0.2, -0.15) is 0 Å². The van der Waals surface area contributed by atoms with Gasteiger partial charge in [0.25, 0.3) is 0 Å². The third-order valence-electron chi connectivity index (χ3n) is 4.51. The minimum absolute atomic E-state index is 0.184. The fraction of sp³-hybridized carbons (Fsp3) is 0.733. The first-order valence-electron chi connectivity index (χ1n) is 7.09. The summed E-state index contributed by atoms with van der Waals surface area (Å²) in [5.74, 6) is 1.06. The molecule has 0 spiro atoms. The Balaban J connectivity index is 2.32. The third-order valence-corrected chi connectivity index (χ3v) is 4.51. The minimum atomic E-state index is 0.184. The SMILES string of the molecule is CNC(c1ccco1)C1(N(C)C)CCCCCC1. The normalized spacial score (nSPS) is 21.8. The van der Waals surface area contributed by atoms with Crippen molar-refractivity contribution in [2.75, 3.05) is 21.1 Å². The lowest BCUT2D eigenvalue weighted by Crippen LogP contribution is -2.52. The molecular weight excluding hydrogens is 224 g/mol. The van der Waals surface area contributed by atoms with Gasteiger partial charge in [-0.1, -0.05) is 25.7 Å².